The van der Waals surface area contributed by atoms with Crippen LogP contribution >= 0.6 is 0 Å². The Bertz CT molecular complexity index is 478. The topological polar surface area (TPSA) is 43.7 Å². The summed E-state index contributed by atoms with van der Waals surface area (Å²) in [6.45, 7) is 1.51. The molecular weight excluding hydrogens is 226 g/mol. The van der Waals surface area contributed by atoms with E-state index in [1.54, 1.807) is 24.3 Å². The molecule has 0 amide bonds. The molecule has 0 radical (unpaired) electrons. The van der Waals surface area contributed by atoms with Crippen molar-refractivity contribution >= 4 is 0 Å². The van der Waals surface area contributed by atoms with E-state index in [1.165, 1.54) is 0 Å². The predicted molar refractivity (Wildman–Crippen MR) is 71.4 cm³/mol. The SMILES string of the molecule is CN(Cc1cccc(O)c1)Cc1cccc(O)c1. The molecular formula is C15H17NO2. The average molecular weight is 243 g/mol. The summed E-state index contributed by atoms with van der Waals surface area (Å²) >= 11 is 0. The maximum Gasteiger partial charge on any atom is 0.115 e. The molecule has 94 valence electrons. The monoisotopic (exact) mass is 243 g/mol. The smallest absolute Gasteiger partial charge is 0.115 e. The zero-order valence-corrected chi connectivity index (χ0v) is 10.4. The maximum atomic E-state index is 9.40. The number of rotatable bonds is 4. The average Bonchev–Trinajstić information content (AvgIpc) is 2.28. The summed E-state index contributed by atoms with van der Waals surface area (Å²) in [5.74, 6) is 0.580. The van der Waals surface area contributed by atoms with Crippen LogP contribution in [0.25, 0.3) is 0 Å². The molecule has 0 spiro atoms. The lowest BCUT2D eigenvalue weighted by Gasteiger charge is -2.17. The third kappa shape index (κ3) is 3.50. The second kappa shape index (κ2) is 5.56. The van der Waals surface area contributed by atoms with Crippen molar-refractivity contribution < 1.29 is 10.2 Å². The lowest BCUT2D eigenvalue weighted by atomic mass is 10.1. The fourth-order valence-electron chi connectivity index (χ4n) is 1.99. The van der Waals surface area contributed by atoms with Gasteiger partial charge in [0.05, 0.1) is 0 Å². The molecule has 0 unspecified atom stereocenters. The molecule has 3 nitrogen and oxygen atoms in total. The van der Waals surface area contributed by atoms with Crippen LogP contribution in [0, 0.1) is 0 Å². The first-order valence-electron chi connectivity index (χ1n) is 5.88. The van der Waals surface area contributed by atoms with Crippen LogP contribution < -0.4 is 0 Å². The van der Waals surface area contributed by atoms with Gasteiger partial charge in [0.25, 0.3) is 0 Å². The third-order valence-electron chi connectivity index (χ3n) is 2.73. The zero-order chi connectivity index (χ0) is 13.0. The van der Waals surface area contributed by atoms with Crippen molar-refractivity contribution in [3.63, 3.8) is 0 Å². The Labute approximate surface area is 107 Å². The van der Waals surface area contributed by atoms with E-state index in [1.807, 2.05) is 31.3 Å². The number of benzene rings is 2. The van der Waals surface area contributed by atoms with Crippen molar-refractivity contribution in [1.82, 2.24) is 4.90 Å². The van der Waals surface area contributed by atoms with E-state index in [0.717, 1.165) is 24.2 Å². The normalized spacial score (nSPS) is 10.8. The van der Waals surface area contributed by atoms with Gasteiger partial charge in [-0.25, -0.2) is 0 Å². The summed E-state index contributed by atoms with van der Waals surface area (Å²) in [5, 5.41) is 18.8. The minimum Gasteiger partial charge on any atom is -0.508 e. The molecule has 2 aromatic rings. The molecule has 0 aliphatic heterocycles. The van der Waals surface area contributed by atoms with Gasteiger partial charge in [-0.15, -0.1) is 0 Å². The van der Waals surface area contributed by atoms with E-state index < -0.39 is 0 Å². The van der Waals surface area contributed by atoms with Gasteiger partial charge in [0.2, 0.25) is 0 Å². The van der Waals surface area contributed by atoms with Crippen LogP contribution in [-0.4, -0.2) is 22.2 Å². The molecule has 2 aromatic carbocycles. The number of aromatic hydroxyl groups is 2. The molecule has 2 rings (SSSR count). The van der Waals surface area contributed by atoms with E-state index in [-0.39, 0.29) is 0 Å². The lowest BCUT2D eigenvalue weighted by Crippen LogP contribution is -2.17. The molecule has 0 heterocycles. The van der Waals surface area contributed by atoms with Crippen LogP contribution in [0.5, 0.6) is 11.5 Å². The van der Waals surface area contributed by atoms with Crippen LogP contribution in [0.2, 0.25) is 0 Å². The second-order valence-electron chi connectivity index (χ2n) is 4.51. The first kappa shape index (κ1) is 12.5. The summed E-state index contributed by atoms with van der Waals surface area (Å²) < 4.78 is 0. The van der Waals surface area contributed by atoms with Gasteiger partial charge in [-0.3, -0.25) is 4.90 Å². The Kier molecular flexibility index (Phi) is 3.85. The fourth-order valence-corrected chi connectivity index (χ4v) is 1.99. The molecule has 0 atom stereocenters. The van der Waals surface area contributed by atoms with Gasteiger partial charge >= 0.3 is 0 Å². The highest BCUT2D eigenvalue weighted by Gasteiger charge is 2.03. The highest BCUT2D eigenvalue weighted by molar-refractivity contribution is 5.28. The Morgan fingerprint density at radius 3 is 1.67 bits per heavy atom. The first-order chi connectivity index (χ1) is 8.63. The number of phenols is 2. The molecule has 0 aliphatic rings. The minimum absolute atomic E-state index is 0.290. The minimum atomic E-state index is 0.290. The van der Waals surface area contributed by atoms with Gasteiger partial charge < -0.3 is 10.2 Å². The number of phenolic OH excluding ortho intramolecular Hbond substituents is 2. The summed E-state index contributed by atoms with van der Waals surface area (Å²) in [6, 6.07) is 14.5. The summed E-state index contributed by atoms with van der Waals surface area (Å²) in [7, 11) is 2.01. The standard InChI is InChI=1S/C15H17NO2/c1-16(10-12-4-2-6-14(17)8-12)11-13-5-3-7-15(18)9-13/h2-9,17-18H,10-11H2,1H3. The van der Waals surface area contributed by atoms with Crippen molar-refractivity contribution in [3.8, 4) is 11.5 Å². The largest absolute Gasteiger partial charge is 0.508 e. The van der Waals surface area contributed by atoms with Gasteiger partial charge in [0.1, 0.15) is 11.5 Å². The van der Waals surface area contributed by atoms with Gasteiger partial charge in [-0.05, 0) is 42.4 Å². The Morgan fingerprint density at radius 2 is 1.28 bits per heavy atom. The van der Waals surface area contributed by atoms with Crippen molar-refractivity contribution in [1.29, 1.82) is 0 Å². The fraction of sp³-hybridized carbons (Fsp3) is 0.200. The van der Waals surface area contributed by atoms with Crippen molar-refractivity contribution in [2.24, 2.45) is 0 Å². The van der Waals surface area contributed by atoms with Crippen LogP contribution in [0.4, 0.5) is 0 Å². The molecule has 0 bridgehead atoms. The van der Waals surface area contributed by atoms with Crippen molar-refractivity contribution in [2.75, 3.05) is 7.05 Å². The molecule has 0 saturated carbocycles. The van der Waals surface area contributed by atoms with Gasteiger partial charge in [-0.1, -0.05) is 24.3 Å². The van der Waals surface area contributed by atoms with E-state index in [0.29, 0.717) is 11.5 Å². The van der Waals surface area contributed by atoms with E-state index >= 15 is 0 Å². The highest BCUT2D eigenvalue weighted by Crippen LogP contribution is 2.15. The molecule has 2 N–H and O–H groups in total. The summed E-state index contributed by atoms with van der Waals surface area (Å²) in [4.78, 5) is 2.13. The zero-order valence-electron chi connectivity index (χ0n) is 10.4. The maximum absolute atomic E-state index is 9.40. The Balaban J connectivity index is 1.98. The summed E-state index contributed by atoms with van der Waals surface area (Å²) in [5.41, 5.74) is 2.13. The summed E-state index contributed by atoms with van der Waals surface area (Å²) in [6.07, 6.45) is 0. The van der Waals surface area contributed by atoms with Crippen molar-refractivity contribution in [2.45, 2.75) is 13.1 Å². The van der Waals surface area contributed by atoms with Crippen LogP contribution in [0.15, 0.2) is 48.5 Å². The quantitative estimate of drug-likeness (QED) is 0.867. The van der Waals surface area contributed by atoms with Crippen molar-refractivity contribution in [3.05, 3.63) is 59.7 Å². The molecule has 18 heavy (non-hydrogen) atoms. The highest BCUT2D eigenvalue weighted by atomic mass is 16.3. The van der Waals surface area contributed by atoms with E-state index in [9.17, 15) is 10.2 Å². The molecule has 0 aromatic heterocycles. The van der Waals surface area contributed by atoms with E-state index in [2.05, 4.69) is 4.90 Å². The molecule has 0 aliphatic carbocycles. The van der Waals surface area contributed by atoms with Crippen LogP contribution in [0.3, 0.4) is 0 Å². The molecule has 0 saturated heterocycles. The Hall–Kier alpha value is -2.00. The first-order valence-corrected chi connectivity index (χ1v) is 5.88. The van der Waals surface area contributed by atoms with Crippen LogP contribution in [0.1, 0.15) is 11.1 Å². The Morgan fingerprint density at radius 1 is 0.833 bits per heavy atom. The predicted octanol–water partition coefficient (Wildman–Crippen LogP) is 2.73. The number of hydrogen-bond acceptors (Lipinski definition) is 3. The second-order valence-corrected chi connectivity index (χ2v) is 4.51. The van der Waals surface area contributed by atoms with Gasteiger partial charge in [0, 0.05) is 13.1 Å². The van der Waals surface area contributed by atoms with Crippen LogP contribution in [-0.2, 0) is 13.1 Å². The van der Waals surface area contributed by atoms with E-state index in [4.69, 9.17) is 0 Å². The van der Waals surface area contributed by atoms with Gasteiger partial charge in [0.15, 0.2) is 0 Å². The number of nitrogens with zero attached hydrogens (tertiary/aromatic N) is 1. The molecule has 0 fully saturated rings. The third-order valence-corrected chi connectivity index (χ3v) is 2.73. The number of hydrogen-bond donors (Lipinski definition) is 2. The lowest BCUT2D eigenvalue weighted by molar-refractivity contribution is 0.318. The van der Waals surface area contributed by atoms with Gasteiger partial charge in [-0.2, -0.15) is 0 Å². The molecule has 3 heteroatoms.